The SMILES string of the molecule is COCCNC(=O)C1=CC2(CCNCC2)c2ccccc21. The average molecular weight is 286 g/mol. The summed E-state index contributed by atoms with van der Waals surface area (Å²) in [5, 5.41) is 6.35. The molecule has 0 unspecified atom stereocenters. The molecule has 1 spiro atoms. The molecule has 1 fully saturated rings. The van der Waals surface area contributed by atoms with Crippen molar-refractivity contribution in [1.82, 2.24) is 10.6 Å². The second-order valence-corrected chi connectivity index (χ2v) is 5.76. The molecule has 2 aliphatic rings. The number of rotatable bonds is 4. The van der Waals surface area contributed by atoms with Gasteiger partial charge in [0, 0.05) is 24.6 Å². The maximum absolute atomic E-state index is 12.5. The fourth-order valence-corrected chi connectivity index (χ4v) is 3.42. The Kier molecular flexibility index (Phi) is 4.08. The topological polar surface area (TPSA) is 50.4 Å². The van der Waals surface area contributed by atoms with Gasteiger partial charge >= 0.3 is 0 Å². The van der Waals surface area contributed by atoms with Crippen molar-refractivity contribution in [2.75, 3.05) is 33.4 Å². The van der Waals surface area contributed by atoms with Crippen LogP contribution in [0.4, 0.5) is 0 Å². The average Bonchev–Trinajstić information content (AvgIpc) is 2.83. The van der Waals surface area contributed by atoms with E-state index in [9.17, 15) is 4.79 Å². The summed E-state index contributed by atoms with van der Waals surface area (Å²) < 4.78 is 4.99. The summed E-state index contributed by atoms with van der Waals surface area (Å²) >= 11 is 0. The molecule has 4 heteroatoms. The quantitative estimate of drug-likeness (QED) is 0.824. The summed E-state index contributed by atoms with van der Waals surface area (Å²) in [5.74, 6) is 0.00917. The normalized spacial score (nSPS) is 19.2. The molecule has 0 atom stereocenters. The molecule has 1 aliphatic carbocycles. The highest BCUT2D eigenvalue weighted by molar-refractivity contribution is 6.21. The van der Waals surface area contributed by atoms with Crippen molar-refractivity contribution < 1.29 is 9.53 Å². The van der Waals surface area contributed by atoms with Crippen LogP contribution in [0.2, 0.25) is 0 Å². The molecule has 1 aliphatic heterocycles. The predicted molar refractivity (Wildman–Crippen MR) is 83.1 cm³/mol. The van der Waals surface area contributed by atoms with Crippen LogP contribution in [0.1, 0.15) is 24.0 Å². The number of benzene rings is 1. The molecule has 1 heterocycles. The standard InChI is InChI=1S/C17H22N2O2/c1-21-11-10-19-16(20)14-12-17(6-8-18-9-7-17)15-5-3-2-4-13(14)15/h2-5,12,18H,6-11H2,1H3,(H,19,20). The second-order valence-electron chi connectivity index (χ2n) is 5.76. The van der Waals surface area contributed by atoms with Crippen LogP contribution in [0, 0.1) is 0 Å². The third kappa shape index (κ3) is 2.61. The predicted octanol–water partition coefficient (Wildman–Crippen LogP) is 1.47. The van der Waals surface area contributed by atoms with E-state index in [1.807, 2.05) is 6.07 Å². The summed E-state index contributed by atoms with van der Waals surface area (Å²) in [7, 11) is 1.64. The van der Waals surface area contributed by atoms with Gasteiger partial charge in [-0.15, -0.1) is 0 Å². The van der Waals surface area contributed by atoms with Gasteiger partial charge in [-0.1, -0.05) is 30.3 Å². The van der Waals surface area contributed by atoms with Gasteiger partial charge < -0.3 is 15.4 Å². The van der Waals surface area contributed by atoms with Crippen LogP contribution in [0.15, 0.2) is 30.3 Å². The van der Waals surface area contributed by atoms with E-state index >= 15 is 0 Å². The number of allylic oxidation sites excluding steroid dienone is 1. The number of fused-ring (bicyclic) bond motifs is 2. The van der Waals surface area contributed by atoms with Crippen LogP contribution in [-0.4, -0.2) is 39.3 Å². The van der Waals surface area contributed by atoms with E-state index in [2.05, 4.69) is 34.9 Å². The maximum Gasteiger partial charge on any atom is 0.251 e. The van der Waals surface area contributed by atoms with Crippen molar-refractivity contribution in [3.05, 3.63) is 41.5 Å². The molecule has 0 aromatic heterocycles. The van der Waals surface area contributed by atoms with Gasteiger partial charge in [0.15, 0.2) is 0 Å². The summed E-state index contributed by atoms with van der Waals surface area (Å²) in [4.78, 5) is 12.5. The molecule has 21 heavy (non-hydrogen) atoms. The van der Waals surface area contributed by atoms with Gasteiger partial charge in [-0.2, -0.15) is 0 Å². The zero-order valence-corrected chi connectivity index (χ0v) is 12.4. The van der Waals surface area contributed by atoms with Crippen molar-refractivity contribution in [1.29, 1.82) is 0 Å². The smallest absolute Gasteiger partial charge is 0.251 e. The Balaban J connectivity index is 1.89. The van der Waals surface area contributed by atoms with Crippen LogP contribution < -0.4 is 10.6 Å². The number of nitrogens with one attached hydrogen (secondary N) is 2. The van der Waals surface area contributed by atoms with Crippen molar-refractivity contribution >= 4 is 11.5 Å². The first-order valence-corrected chi connectivity index (χ1v) is 7.57. The Morgan fingerprint density at radius 2 is 2.10 bits per heavy atom. The number of methoxy groups -OCH3 is 1. The van der Waals surface area contributed by atoms with Gasteiger partial charge in [-0.05, 0) is 37.1 Å². The minimum absolute atomic E-state index is 0.00917. The lowest BCUT2D eigenvalue weighted by Crippen LogP contribution is -2.37. The molecular weight excluding hydrogens is 264 g/mol. The zero-order valence-electron chi connectivity index (χ0n) is 12.4. The molecule has 0 radical (unpaired) electrons. The lowest BCUT2D eigenvalue weighted by Gasteiger charge is -2.33. The molecule has 112 valence electrons. The molecule has 1 amide bonds. The Bertz CT molecular complexity index is 560. The first kappa shape index (κ1) is 14.3. The van der Waals surface area contributed by atoms with E-state index in [1.54, 1.807) is 7.11 Å². The number of amides is 1. The van der Waals surface area contributed by atoms with Crippen LogP contribution in [0.25, 0.3) is 5.57 Å². The maximum atomic E-state index is 12.5. The Morgan fingerprint density at radius 3 is 2.86 bits per heavy atom. The third-order valence-corrected chi connectivity index (χ3v) is 4.51. The van der Waals surface area contributed by atoms with Gasteiger partial charge in [0.25, 0.3) is 5.91 Å². The molecule has 4 nitrogen and oxygen atoms in total. The summed E-state index contributed by atoms with van der Waals surface area (Å²) in [6.07, 6.45) is 4.30. The lowest BCUT2D eigenvalue weighted by molar-refractivity contribution is -0.115. The van der Waals surface area contributed by atoms with Crippen molar-refractivity contribution in [3.8, 4) is 0 Å². The van der Waals surface area contributed by atoms with E-state index in [-0.39, 0.29) is 11.3 Å². The van der Waals surface area contributed by atoms with Gasteiger partial charge in [0.1, 0.15) is 0 Å². The fourth-order valence-electron chi connectivity index (χ4n) is 3.42. The third-order valence-electron chi connectivity index (χ3n) is 4.51. The van der Waals surface area contributed by atoms with Crippen molar-refractivity contribution in [2.24, 2.45) is 0 Å². The van der Waals surface area contributed by atoms with Crippen LogP contribution in [0.3, 0.4) is 0 Å². The largest absolute Gasteiger partial charge is 0.383 e. The highest BCUT2D eigenvalue weighted by Crippen LogP contribution is 2.45. The van der Waals surface area contributed by atoms with Crippen molar-refractivity contribution in [3.63, 3.8) is 0 Å². The van der Waals surface area contributed by atoms with Gasteiger partial charge in [0.05, 0.1) is 6.61 Å². The molecule has 1 aromatic rings. The molecule has 2 N–H and O–H groups in total. The van der Waals surface area contributed by atoms with Crippen LogP contribution >= 0.6 is 0 Å². The Labute approximate surface area is 125 Å². The molecular formula is C17H22N2O2. The fraction of sp³-hybridized carbons (Fsp3) is 0.471. The Morgan fingerprint density at radius 1 is 1.33 bits per heavy atom. The van der Waals surface area contributed by atoms with E-state index < -0.39 is 0 Å². The Hall–Kier alpha value is -1.65. The second kappa shape index (κ2) is 6.00. The number of piperidine rings is 1. The molecule has 1 aromatic carbocycles. The summed E-state index contributed by atoms with van der Waals surface area (Å²) in [5.41, 5.74) is 3.26. The van der Waals surface area contributed by atoms with E-state index in [4.69, 9.17) is 4.74 Å². The van der Waals surface area contributed by atoms with Gasteiger partial charge in [-0.3, -0.25) is 4.79 Å². The molecule has 0 saturated carbocycles. The van der Waals surface area contributed by atoms with Crippen LogP contribution in [0.5, 0.6) is 0 Å². The van der Waals surface area contributed by atoms with Gasteiger partial charge in [0.2, 0.25) is 0 Å². The molecule has 1 saturated heterocycles. The number of hydrogen-bond donors (Lipinski definition) is 2. The van der Waals surface area contributed by atoms with Crippen molar-refractivity contribution in [2.45, 2.75) is 18.3 Å². The van der Waals surface area contributed by atoms with E-state index in [0.717, 1.165) is 37.1 Å². The minimum Gasteiger partial charge on any atom is -0.383 e. The number of ether oxygens (including phenoxy) is 1. The van der Waals surface area contributed by atoms with Crippen LogP contribution in [-0.2, 0) is 14.9 Å². The number of hydrogen-bond acceptors (Lipinski definition) is 3. The first-order chi connectivity index (χ1) is 10.3. The number of carbonyl (C=O) groups excluding carboxylic acids is 1. The summed E-state index contributed by atoms with van der Waals surface area (Å²) in [6, 6.07) is 8.32. The summed E-state index contributed by atoms with van der Waals surface area (Å²) in [6.45, 7) is 3.09. The number of carbonyl (C=O) groups is 1. The first-order valence-electron chi connectivity index (χ1n) is 7.57. The highest BCUT2D eigenvalue weighted by atomic mass is 16.5. The molecule has 0 bridgehead atoms. The highest BCUT2D eigenvalue weighted by Gasteiger charge is 2.40. The van der Waals surface area contributed by atoms with E-state index in [1.165, 1.54) is 5.56 Å². The van der Waals surface area contributed by atoms with E-state index in [0.29, 0.717) is 13.2 Å². The molecule has 3 rings (SSSR count). The van der Waals surface area contributed by atoms with Gasteiger partial charge in [-0.25, -0.2) is 0 Å². The monoisotopic (exact) mass is 286 g/mol. The lowest BCUT2D eigenvalue weighted by atomic mass is 9.75. The zero-order chi connectivity index (χ0) is 14.7. The minimum atomic E-state index is 0.00917.